The average Bonchev–Trinajstić information content (AvgIpc) is 2.92. The first-order valence-electron chi connectivity index (χ1n) is 7.89. The number of nitrogens with zero attached hydrogens (tertiary/aromatic N) is 3. The molecule has 1 aromatic carbocycles. The Morgan fingerprint density at radius 3 is 2.69 bits per heavy atom. The highest BCUT2D eigenvalue weighted by Gasteiger charge is 2.10. The van der Waals surface area contributed by atoms with Crippen LogP contribution in [0.15, 0.2) is 29.1 Å². The predicted octanol–water partition coefficient (Wildman–Crippen LogP) is 1.20. The summed E-state index contributed by atoms with van der Waals surface area (Å²) in [5, 5.41) is 18.4. The molecule has 26 heavy (non-hydrogen) atoms. The molecule has 0 aliphatic heterocycles. The second-order valence-corrected chi connectivity index (χ2v) is 6.60. The lowest BCUT2D eigenvalue weighted by Gasteiger charge is -2.01. The van der Waals surface area contributed by atoms with Gasteiger partial charge in [0.1, 0.15) is 16.8 Å². The highest BCUT2D eigenvalue weighted by atomic mass is 32.1. The van der Waals surface area contributed by atoms with E-state index in [1.165, 1.54) is 11.7 Å². The minimum absolute atomic E-state index is 0.117. The average molecular weight is 367 g/mol. The summed E-state index contributed by atoms with van der Waals surface area (Å²) in [4.78, 5) is 24.0. The van der Waals surface area contributed by atoms with Crippen molar-refractivity contribution in [2.24, 2.45) is 0 Å². The Morgan fingerprint density at radius 2 is 2.08 bits per heavy atom. The molecule has 7 heteroatoms. The summed E-state index contributed by atoms with van der Waals surface area (Å²) in [7, 11) is 1.30. The second kappa shape index (κ2) is 8.80. The smallest absolute Gasteiger partial charge is 0.305 e. The van der Waals surface area contributed by atoms with Crippen molar-refractivity contribution in [1.82, 2.24) is 4.57 Å². The molecule has 0 saturated carbocycles. The normalized spacial score (nSPS) is 10.8. The molecule has 0 atom stereocenters. The molecule has 0 aliphatic carbocycles. The van der Waals surface area contributed by atoms with Gasteiger partial charge in [-0.2, -0.15) is 10.5 Å². The maximum atomic E-state index is 12.8. The van der Waals surface area contributed by atoms with Gasteiger partial charge in [-0.25, -0.2) is 0 Å². The Balaban J connectivity index is 2.57. The van der Waals surface area contributed by atoms with Crippen LogP contribution in [0.5, 0.6) is 0 Å². The van der Waals surface area contributed by atoms with E-state index in [9.17, 15) is 20.1 Å². The maximum absolute atomic E-state index is 12.8. The van der Waals surface area contributed by atoms with Gasteiger partial charge in [0, 0.05) is 13.0 Å². The third kappa shape index (κ3) is 4.47. The van der Waals surface area contributed by atoms with Crippen LogP contribution >= 0.6 is 11.3 Å². The van der Waals surface area contributed by atoms with Gasteiger partial charge in [0.15, 0.2) is 5.57 Å². The molecule has 0 aliphatic rings. The largest absolute Gasteiger partial charge is 0.469 e. The molecule has 0 saturated heterocycles. The van der Waals surface area contributed by atoms with Crippen molar-refractivity contribution in [2.45, 2.75) is 26.3 Å². The third-order valence-electron chi connectivity index (χ3n) is 3.68. The first-order valence-corrected chi connectivity index (χ1v) is 8.71. The molecule has 0 N–H and O–H groups in total. The van der Waals surface area contributed by atoms with Crippen molar-refractivity contribution < 1.29 is 9.53 Å². The van der Waals surface area contributed by atoms with Gasteiger partial charge in [-0.3, -0.25) is 14.2 Å². The Morgan fingerprint density at radius 1 is 1.35 bits per heavy atom. The van der Waals surface area contributed by atoms with E-state index in [2.05, 4.69) is 4.74 Å². The van der Waals surface area contributed by atoms with Crippen molar-refractivity contribution in [3.63, 3.8) is 0 Å². The number of esters is 1. The van der Waals surface area contributed by atoms with E-state index in [4.69, 9.17) is 0 Å². The van der Waals surface area contributed by atoms with E-state index in [1.54, 1.807) is 6.08 Å². The summed E-state index contributed by atoms with van der Waals surface area (Å²) in [6.45, 7) is 2.19. The number of ether oxygens (including phenoxy) is 1. The molecule has 1 heterocycles. The number of hydrogen-bond donors (Lipinski definition) is 0. The number of carbonyl (C=O) groups excluding carboxylic acids is 1. The molecule has 132 valence electrons. The minimum Gasteiger partial charge on any atom is -0.469 e. The quantitative estimate of drug-likeness (QED) is 0.740. The SMILES string of the molecule is COC(=O)CCCn1c(=C(C#N)C#N)s/c(=C/c2cccc(C)c2)c1=O. The summed E-state index contributed by atoms with van der Waals surface area (Å²) in [5.74, 6) is -0.369. The number of carbonyl (C=O) groups is 1. The highest BCUT2D eigenvalue weighted by Crippen LogP contribution is 2.04. The van der Waals surface area contributed by atoms with Crippen LogP contribution in [0.2, 0.25) is 0 Å². The molecular weight excluding hydrogens is 350 g/mol. The summed E-state index contributed by atoms with van der Waals surface area (Å²) < 4.78 is 6.73. The lowest BCUT2D eigenvalue weighted by atomic mass is 10.1. The molecule has 2 rings (SSSR count). The Bertz CT molecular complexity index is 1060. The van der Waals surface area contributed by atoms with E-state index in [-0.39, 0.29) is 30.1 Å². The van der Waals surface area contributed by atoms with Gasteiger partial charge in [-0.15, -0.1) is 11.3 Å². The highest BCUT2D eigenvalue weighted by molar-refractivity contribution is 7.07. The van der Waals surface area contributed by atoms with E-state index in [0.717, 1.165) is 22.5 Å². The Labute approximate surface area is 154 Å². The lowest BCUT2D eigenvalue weighted by Crippen LogP contribution is -2.32. The van der Waals surface area contributed by atoms with Gasteiger partial charge in [0.05, 0.1) is 11.6 Å². The van der Waals surface area contributed by atoms with Crippen molar-refractivity contribution in [1.29, 1.82) is 10.5 Å². The van der Waals surface area contributed by atoms with Gasteiger partial charge in [-0.1, -0.05) is 29.8 Å². The van der Waals surface area contributed by atoms with Crippen LogP contribution in [-0.4, -0.2) is 17.6 Å². The monoisotopic (exact) mass is 367 g/mol. The molecular formula is C19H17N3O3S. The number of benzene rings is 1. The Hall–Kier alpha value is -3.16. The second-order valence-electron chi connectivity index (χ2n) is 5.57. The zero-order valence-electron chi connectivity index (χ0n) is 14.5. The lowest BCUT2D eigenvalue weighted by molar-refractivity contribution is -0.140. The summed E-state index contributed by atoms with van der Waals surface area (Å²) in [5.41, 5.74) is 1.54. The van der Waals surface area contributed by atoms with Crippen LogP contribution in [0.3, 0.4) is 0 Å². The van der Waals surface area contributed by atoms with Gasteiger partial charge >= 0.3 is 5.97 Å². The molecule has 0 spiro atoms. The number of rotatable bonds is 5. The van der Waals surface area contributed by atoms with Crippen molar-refractivity contribution in [3.8, 4) is 12.1 Å². The minimum atomic E-state index is -0.369. The topological polar surface area (TPSA) is 95.9 Å². The van der Waals surface area contributed by atoms with Gasteiger partial charge in [0.25, 0.3) is 5.56 Å². The zero-order chi connectivity index (χ0) is 19.1. The van der Waals surface area contributed by atoms with Crippen LogP contribution in [0, 0.1) is 29.6 Å². The van der Waals surface area contributed by atoms with E-state index in [0.29, 0.717) is 15.6 Å². The molecule has 0 bridgehead atoms. The number of aryl methyl sites for hydroxylation is 1. The van der Waals surface area contributed by atoms with Crippen LogP contribution in [0.4, 0.5) is 0 Å². The van der Waals surface area contributed by atoms with E-state index in [1.807, 2.05) is 43.3 Å². The van der Waals surface area contributed by atoms with Gasteiger partial charge in [-0.05, 0) is 25.0 Å². The molecule has 1 aromatic heterocycles. The number of thiazole rings is 1. The maximum Gasteiger partial charge on any atom is 0.305 e. The fourth-order valence-corrected chi connectivity index (χ4v) is 3.50. The first-order chi connectivity index (χ1) is 12.5. The number of nitriles is 2. The van der Waals surface area contributed by atoms with Gasteiger partial charge in [0.2, 0.25) is 0 Å². The van der Waals surface area contributed by atoms with E-state index >= 15 is 0 Å². The zero-order valence-corrected chi connectivity index (χ0v) is 15.3. The number of aromatic nitrogens is 1. The van der Waals surface area contributed by atoms with Crippen LogP contribution in [0.1, 0.15) is 24.0 Å². The molecule has 0 unspecified atom stereocenters. The Kier molecular flexibility index (Phi) is 6.48. The summed E-state index contributed by atoms with van der Waals surface area (Å²) >= 11 is 1.11. The fourth-order valence-electron chi connectivity index (χ4n) is 2.42. The van der Waals surface area contributed by atoms with Gasteiger partial charge < -0.3 is 4.74 Å². The predicted molar refractivity (Wildman–Crippen MR) is 98.5 cm³/mol. The summed E-state index contributed by atoms with van der Waals surface area (Å²) in [6.07, 6.45) is 2.28. The molecule has 0 fully saturated rings. The van der Waals surface area contributed by atoms with Crippen LogP contribution in [0.25, 0.3) is 11.6 Å². The van der Waals surface area contributed by atoms with Crippen molar-refractivity contribution in [3.05, 3.63) is 54.9 Å². The van der Waals surface area contributed by atoms with E-state index < -0.39 is 0 Å². The van der Waals surface area contributed by atoms with Crippen LogP contribution in [-0.2, 0) is 16.1 Å². The molecule has 0 amide bonds. The molecule has 2 aromatic rings. The number of hydrogen-bond acceptors (Lipinski definition) is 6. The fraction of sp³-hybridized carbons (Fsp3) is 0.263. The molecule has 0 radical (unpaired) electrons. The van der Waals surface area contributed by atoms with Crippen molar-refractivity contribution >= 4 is 29.0 Å². The molecule has 6 nitrogen and oxygen atoms in total. The van der Waals surface area contributed by atoms with Crippen LogP contribution < -0.4 is 14.8 Å². The summed E-state index contributed by atoms with van der Waals surface area (Å²) in [6, 6.07) is 11.3. The van der Waals surface area contributed by atoms with Crippen molar-refractivity contribution in [2.75, 3.05) is 7.11 Å². The number of methoxy groups -OCH3 is 1. The standard InChI is InChI=1S/C19H17N3O3S/c1-13-5-3-6-14(9-13)10-16-18(24)22(8-4-7-17(23)25-2)19(26-16)15(11-20)12-21/h3,5-6,9-10H,4,7-8H2,1-2H3/b16-10+. The third-order valence-corrected chi connectivity index (χ3v) is 4.81. The first kappa shape index (κ1) is 19.2.